The first-order valence-electron chi connectivity index (χ1n) is 7.60. The molecule has 0 aliphatic heterocycles. The Morgan fingerprint density at radius 2 is 1.88 bits per heavy atom. The minimum atomic E-state index is -0.374. The SMILES string of the molecule is CCNC(=O)COc1cccc(NC(=O)Cc2cccc(F)c2)c1. The van der Waals surface area contributed by atoms with Gasteiger partial charge in [0, 0.05) is 18.3 Å². The van der Waals surface area contributed by atoms with Gasteiger partial charge in [-0.25, -0.2) is 4.39 Å². The Bertz CT molecular complexity index is 719. The zero-order valence-electron chi connectivity index (χ0n) is 13.3. The average Bonchev–Trinajstić information content (AvgIpc) is 2.53. The van der Waals surface area contributed by atoms with Crippen LogP contribution in [0.1, 0.15) is 12.5 Å². The van der Waals surface area contributed by atoms with E-state index in [0.29, 0.717) is 23.5 Å². The van der Waals surface area contributed by atoms with Crippen molar-refractivity contribution in [2.75, 3.05) is 18.5 Å². The second-order valence-electron chi connectivity index (χ2n) is 5.12. The fraction of sp³-hybridized carbons (Fsp3) is 0.222. The summed E-state index contributed by atoms with van der Waals surface area (Å²) in [6.07, 6.45) is 0.0712. The predicted molar refractivity (Wildman–Crippen MR) is 89.4 cm³/mol. The van der Waals surface area contributed by atoms with Crippen LogP contribution < -0.4 is 15.4 Å². The Hall–Kier alpha value is -2.89. The number of carbonyl (C=O) groups excluding carboxylic acids is 2. The maximum Gasteiger partial charge on any atom is 0.257 e. The van der Waals surface area contributed by atoms with Crippen LogP contribution in [0.5, 0.6) is 5.75 Å². The lowest BCUT2D eigenvalue weighted by Crippen LogP contribution is -2.28. The van der Waals surface area contributed by atoms with E-state index in [9.17, 15) is 14.0 Å². The molecule has 6 heteroatoms. The minimum Gasteiger partial charge on any atom is -0.484 e. The van der Waals surface area contributed by atoms with E-state index in [-0.39, 0.29) is 30.7 Å². The minimum absolute atomic E-state index is 0.0712. The van der Waals surface area contributed by atoms with Gasteiger partial charge in [-0.3, -0.25) is 9.59 Å². The number of anilines is 1. The molecule has 0 unspecified atom stereocenters. The summed E-state index contributed by atoms with van der Waals surface area (Å²) in [5.74, 6) is -0.370. The molecule has 2 amide bonds. The summed E-state index contributed by atoms with van der Waals surface area (Å²) in [7, 11) is 0. The van der Waals surface area contributed by atoms with Gasteiger partial charge in [0.2, 0.25) is 5.91 Å². The van der Waals surface area contributed by atoms with Crippen molar-refractivity contribution in [2.24, 2.45) is 0 Å². The number of ether oxygens (including phenoxy) is 1. The first kappa shape index (κ1) is 17.5. The number of halogens is 1. The van der Waals surface area contributed by atoms with Crippen molar-refractivity contribution in [2.45, 2.75) is 13.3 Å². The molecule has 126 valence electrons. The summed E-state index contributed by atoms with van der Waals surface area (Å²) in [5, 5.41) is 5.35. The van der Waals surface area contributed by atoms with E-state index >= 15 is 0 Å². The molecular formula is C18H19FN2O3. The van der Waals surface area contributed by atoms with Gasteiger partial charge >= 0.3 is 0 Å². The monoisotopic (exact) mass is 330 g/mol. The van der Waals surface area contributed by atoms with Gasteiger partial charge in [0.15, 0.2) is 6.61 Å². The third-order valence-electron chi connectivity index (χ3n) is 3.12. The molecule has 2 aromatic rings. The van der Waals surface area contributed by atoms with Crippen molar-refractivity contribution in [3.8, 4) is 5.75 Å². The highest BCUT2D eigenvalue weighted by molar-refractivity contribution is 5.92. The van der Waals surface area contributed by atoms with Crippen LogP contribution in [0.2, 0.25) is 0 Å². The van der Waals surface area contributed by atoms with E-state index in [2.05, 4.69) is 10.6 Å². The van der Waals surface area contributed by atoms with Crippen molar-refractivity contribution >= 4 is 17.5 Å². The van der Waals surface area contributed by atoms with Crippen LogP contribution >= 0.6 is 0 Å². The molecule has 2 N–H and O–H groups in total. The molecule has 24 heavy (non-hydrogen) atoms. The fourth-order valence-electron chi connectivity index (χ4n) is 2.10. The van der Waals surface area contributed by atoms with Gasteiger partial charge in [0.1, 0.15) is 11.6 Å². The number of likely N-dealkylation sites (N-methyl/N-ethyl adjacent to an activating group) is 1. The van der Waals surface area contributed by atoms with Gasteiger partial charge in [-0.1, -0.05) is 18.2 Å². The number of rotatable bonds is 7. The third-order valence-corrected chi connectivity index (χ3v) is 3.12. The van der Waals surface area contributed by atoms with Crippen LogP contribution in [-0.4, -0.2) is 25.0 Å². The number of carbonyl (C=O) groups is 2. The van der Waals surface area contributed by atoms with Crippen LogP contribution in [0, 0.1) is 5.82 Å². The van der Waals surface area contributed by atoms with E-state index < -0.39 is 0 Å². The summed E-state index contributed by atoms with van der Waals surface area (Å²) < 4.78 is 18.5. The second kappa shape index (κ2) is 8.67. The molecule has 0 saturated heterocycles. The largest absolute Gasteiger partial charge is 0.484 e. The highest BCUT2D eigenvalue weighted by Crippen LogP contribution is 2.17. The quantitative estimate of drug-likeness (QED) is 0.820. The van der Waals surface area contributed by atoms with Crippen molar-refractivity contribution in [3.63, 3.8) is 0 Å². The molecule has 0 atom stereocenters. The zero-order valence-corrected chi connectivity index (χ0v) is 13.3. The van der Waals surface area contributed by atoms with Gasteiger partial charge in [-0.05, 0) is 36.8 Å². The molecule has 0 aromatic heterocycles. The molecule has 0 bridgehead atoms. The van der Waals surface area contributed by atoms with Crippen LogP contribution in [0.25, 0.3) is 0 Å². The van der Waals surface area contributed by atoms with E-state index in [1.54, 1.807) is 36.4 Å². The van der Waals surface area contributed by atoms with Gasteiger partial charge in [0.05, 0.1) is 6.42 Å². The Balaban J connectivity index is 1.91. The van der Waals surface area contributed by atoms with Crippen molar-refractivity contribution in [3.05, 3.63) is 59.9 Å². The number of amides is 2. The lowest BCUT2D eigenvalue weighted by molar-refractivity contribution is -0.123. The summed E-state index contributed by atoms with van der Waals surface area (Å²) in [4.78, 5) is 23.4. The van der Waals surface area contributed by atoms with Crippen LogP contribution in [0.4, 0.5) is 10.1 Å². The first-order chi connectivity index (χ1) is 11.6. The number of hydrogen-bond acceptors (Lipinski definition) is 3. The number of benzene rings is 2. The smallest absolute Gasteiger partial charge is 0.257 e. The lowest BCUT2D eigenvalue weighted by Gasteiger charge is -2.09. The molecular weight excluding hydrogens is 311 g/mol. The molecule has 2 rings (SSSR count). The maximum atomic E-state index is 13.1. The molecule has 0 aliphatic rings. The molecule has 0 aliphatic carbocycles. The normalized spacial score (nSPS) is 10.1. The Morgan fingerprint density at radius 3 is 2.62 bits per heavy atom. The summed E-state index contributed by atoms with van der Waals surface area (Å²) in [6, 6.07) is 12.7. The van der Waals surface area contributed by atoms with Gasteiger partial charge in [-0.15, -0.1) is 0 Å². The topological polar surface area (TPSA) is 67.4 Å². The average molecular weight is 330 g/mol. The first-order valence-corrected chi connectivity index (χ1v) is 7.60. The Labute approximate surface area is 139 Å². The van der Waals surface area contributed by atoms with Crippen molar-refractivity contribution < 1.29 is 18.7 Å². The highest BCUT2D eigenvalue weighted by Gasteiger charge is 2.07. The molecule has 0 spiro atoms. The molecule has 5 nitrogen and oxygen atoms in total. The van der Waals surface area contributed by atoms with Crippen LogP contribution in [0.15, 0.2) is 48.5 Å². The number of hydrogen-bond donors (Lipinski definition) is 2. The van der Waals surface area contributed by atoms with E-state index in [1.165, 1.54) is 12.1 Å². The van der Waals surface area contributed by atoms with E-state index in [1.807, 2.05) is 6.92 Å². The maximum absolute atomic E-state index is 13.1. The molecule has 0 radical (unpaired) electrons. The van der Waals surface area contributed by atoms with Crippen molar-refractivity contribution in [1.82, 2.24) is 5.32 Å². The van der Waals surface area contributed by atoms with E-state index in [4.69, 9.17) is 4.74 Å². The van der Waals surface area contributed by atoms with Gasteiger partial charge in [0.25, 0.3) is 5.91 Å². The number of nitrogens with one attached hydrogen (secondary N) is 2. The van der Waals surface area contributed by atoms with E-state index in [0.717, 1.165) is 0 Å². The standard InChI is InChI=1S/C18H19FN2O3/c1-2-20-18(23)12-24-16-8-4-7-15(11-16)21-17(22)10-13-5-3-6-14(19)9-13/h3-9,11H,2,10,12H2,1H3,(H,20,23)(H,21,22). The summed E-state index contributed by atoms with van der Waals surface area (Å²) >= 11 is 0. The van der Waals surface area contributed by atoms with Gasteiger partial charge < -0.3 is 15.4 Å². The molecule has 0 fully saturated rings. The molecule has 0 saturated carbocycles. The summed E-state index contributed by atoms with van der Waals surface area (Å²) in [5.41, 5.74) is 1.14. The van der Waals surface area contributed by atoms with Crippen molar-refractivity contribution in [1.29, 1.82) is 0 Å². The molecule has 0 heterocycles. The molecule has 2 aromatic carbocycles. The third kappa shape index (κ3) is 5.72. The second-order valence-corrected chi connectivity index (χ2v) is 5.12. The Morgan fingerprint density at radius 1 is 1.08 bits per heavy atom. The lowest BCUT2D eigenvalue weighted by atomic mass is 10.1. The fourth-order valence-corrected chi connectivity index (χ4v) is 2.10. The van der Waals surface area contributed by atoms with Crippen LogP contribution in [-0.2, 0) is 16.0 Å². The Kier molecular flexibility index (Phi) is 6.31. The highest BCUT2D eigenvalue weighted by atomic mass is 19.1. The van der Waals surface area contributed by atoms with Crippen LogP contribution in [0.3, 0.4) is 0 Å². The summed E-state index contributed by atoms with van der Waals surface area (Å²) in [6.45, 7) is 2.28. The predicted octanol–water partition coefficient (Wildman–Crippen LogP) is 2.52. The van der Waals surface area contributed by atoms with Gasteiger partial charge in [-0.2, -0.15) is 0 Å². The zero-order chi connectivity index (χ0) is 17.4.